The van der Waals surface area contributed by atoms with Gasteiger partial charge in [-0.05, 0) is 78.0 Å². The lowest BCUT2D eigenvalue weighted by molar-refractivity contribution is -0.146. The Balaban J connectivity index is 1.82. The zero-order valence-electron chi connectivity index (χ0n) is 17.8. The summed E-state index contributed by atoms with van der Waals surface area (Å²) >= 11 is 5.83. The van der Waals surface area contributed by atoms with Gasteiger partial charge in [0.25, 0.3) is 5.91 Å². The van der Waals surface area contributed by atoms with Crippen molar-refractivity contribution in [3.63, 3.8) is 0 Å². The molecule has 1 saturated heterocycles. The number of amides is 1. The average molecular weight is 616 g/mol. The smallest absolute Gasteiger partial charge is 0.264 e. The predicted molar refractivity (Wildman–Crippen MR) is 135 cm³/mol. The second-order valence-corrected chi connectivity index (χ2v) is 15.2. The Morgan fingerprint density at radius 1 is 1.23 bits per heavy atom. The summed E-state index contributed by atoms with van der Waals surface area (Å²) in [7, 11) is -2.67. The zero-order chi connectivity index (χ0) is 22.6. The molecule has 2 aromatic carbocycles. The molecule has 4 rings (SSSR count). The topological polar surface area (TPSA) is 70.0 Å². The maximum absolute atomic E-state index is 14.1. The first-order valence-electron chi connectivity index (χ1n) is 10.5. The summed E-state index contributed by atoms with van der Waals surface area (Å²) in [6.07, 6.45) is 0.0438. The van der Waals surface area contributed by atoms with E-state index in [0.717, 1.165) is 24.9 Å². The number of fused-ring (bicyclic) bond motifs is 2. The molecule has 1 spiro atoms. The van der Waals surface area contributed by atoms with Gasteiger partial charge < -0.3 is 19.5 Å². The lowest BCUT2D eigenvalue weighted by Gasteiger charge is -2.32. The third-order valence-electron chi connectivity index (χ3n) is 6.61. The van der Waals surface area contributed by atoms with Crippen molar-refractivity contribution in [1.82, 2.24) is 0 Å². The molecule has 4 atom stereocenters. The first-order valence-corrected chi connectivity index (χ1v) is 15.4. The van der Waals surface area contributed by atoms with Gasteiger partial charge in [-0.1, -0.05) is 35.0 Å². The molecule has 1 fully saturated rings. The van der Waals surface area contributed by atoms with E-state index in [9.17, 15) is 14.7 Å². The summed E-state index contributed by atoms with van der Waals surface area (Å²) < 4.78 is 8.61. The Bertz CT molecular complexity index is 996. The molecule has 0 saturated carbocycles. The highest BCUT2D eigenvalue weighted by molar-refractivity contribution is 14.1. The summed E-state index contributed by atoms with van der Waals surface area (Å²) in [5, 5.41) is 9.65. The summed E-state index contributed by atoms with van der Waals surface area (Å²) in [6.45, 7) is 6.22. The van der Waals surface area contributed by atoms with Crippen molar-refractivity contribution in [3.8, 4) is 0 Å². The number of nitrogens with zero attached hydrogens (tertiary/aromatic N) is 1. The quantitative estimate of drug-likeness (QED) is 0.375. The largest absolute Gasteiger partial charge is 0.432 e. The van der Waals surface area contributed by atoms with Crippen LogP contribution < -0.4 is 4.90 Å². The maximum atomic E-state index is 14.1. The highest BCUT2D eigenvalue weighted by atomic mass is 127. The number of benzene rings is 2. The van der Waals surface area contributed by atoms with E-state index in [0.29, 0.717) is 13.0 Å². The standard InChI is InChI=1S/C23H27BrINO4Si/c1-14-21(31(2,3)29)20(10-11-27)30-23(14)18-12-16(24)6-9-19(18)26(22(23)28)13-15-4-7-17(25)8-5-15/h4-9,12,14,20-21,27,29H,10-11,13H2,1-3H3/t14-,20+,21-,23+/m0/s1. The fraction of sp³-hybridized carbons (Fsp3) is 0.435. The SMILES string of the molecule is C[C@H]1[C@H]([Si](C)(C)O)[C@@H](CCO)O[C@]12C(=O)N(Cc1ccc(I)cc1)c1ccc(Br)cc12. The van der Waals surface area contributed by atoms with E-state index >= 15 is 0 Å². The van der Waals surface area contributed by atoms with Crippen molar-refractivity contribution >= 4 is 58.4 Å². The number of aliphatic hydroxyl groups excluding tert-OH is 1. The summed E-state index contributed by atoms with van der Waals surface area (Å²) in [5.74, 6) is -0.298. The van der Waals surface area contributed by atoms with Crippen molar-refractivity contribution < 1.29 is 19.4 Å². The molecule has 2 aliphatic heterocycles. The third kappa shape index (κ3) is 3.93. The number of ether oxygens (including phenoxy) is 1. The molecule has 0 bridgehead atoms. The molecule has 2 aliphatic rings. The van der Waals surface area contributed by atoms with Crippen molar-refractivity contribution in [2.24, 2.45) is 5.92 Å². The van der Waals surface area contributed by atoms with Gasteiger partial charge in [0, 0.05) is 31.7 Å². The monoisotopic (exact) mass is 615 g/mol. The van der Waals surface area contributed by atoms with Crippen LogP contribution in [0.3, 0.4) is 0 Å². The number of rotatable bonds is 5. The van der Waals surface area contributed by atoms with Gasteiger partial charge in [0.05, 0.1) is 18.3 Å². The fourth-order valence-electron chi connectivity index (χ4n) is 5.38. The molecular formula is C23H27BrINO4Si. The normalized spacial score (nSPS) is 27.9. The van der Waals surface area contributed by atoms with Crippen LogP contribution in [0.1, 0.15) is 24.5 Å². The predicted octanol–water partition coefficient (Wildman–Crippen LogP) is 4.78. The van der Waals surface area contributed by atoms with Gasteiger partial charge in [-0.25, -0.2) is 0 Å². The molecule has 0 unspecified atom stereocenters. The Labute approximate surface area is 206 Å². The Kier molecular flexibility index (Phi) is 6.43. The Morgan fingerprint density at radius 3 is 2.52 bits per heavy atom. The van der Waals surface area contributed by atoms with Crippen molar-refractivity contribution in [3.05, 3.63) is 61.6 Å². The van der Waals surface area contributed by atoms with Gasteiger partial charge in [-0.15, -0.1) is 0 Å². The Hall–Kier alpha value is -0.783. The summed E-state index contributed by atoms with van der Waals surface area (Å²) in [6, 6.07) is 14.0. The van der Waals surface area contributed by atoms with Crippen LogP contribution in [0.5, 0.6) is 0 Å². The first-order chi connectivity index (χ1) is 14.6. The molecule has 0 aliphatic carbocycles. The lowest BCUT2D eigenvalue weighted by Crippen LogP contribution is -2.46. The minimum absolute atomic E-state index is 0.0413. The van der Waals surface area contributed by atoms with Gasteiger partial charge in [-0.3, -0.25) is 4.79 Å². The minimum Gasteiger partial charge on any atom is -0.432 e. The molecule has 5 nitrogen and oxygen atoms in total. The molecule has 2 aromatic rings. The summed E-state index contributed by atoms with van der Waals surface area (Å²) in [4.78, 5) is 27.0. The van der Waals surface area contributed by atoms with Crippen molar-refractivity contribution in [1.29, 1.82) is 0 Å². The van der Waals surface area contributed by atoms with E-state index in [1.165, 1.54) is 0 Å². The van der Waals surface area contributed by atoms with Crippen molar-refractivity contribution in [2.75, 3.05) is 11.5 Å². The van der Waals surface area contributed by atoms with Crippen LogP contribution in [0.25, 0.3) is 0 Å². The van der Waals surface area contributed by atoms with E-state index in [1.807, 2.05) is 67.4 Å². The van der Waals surface area contributed by atoms with Crippen LogP contribution in [-0.2, 0) is 21.7 Å². The van der Waals surface area contributed by atoms with Gasteiger partial charge in [-0.2, -0.15) is 0 Å². The number of hydrogen-bond donors (Lipinski definition) is 2. The molecule has 8 heteroatoms. The minimum atomic E-state index is -2.67. The van der Waals surface area contributed by atoms with Crippen LogP contribution >= 0.6 is 38.5 Å². The number of carbonyl (C=O) groups is 1. The molecule has 1 amide bonds. The fourth-order valence-corrected chi connectivity index (χ4v) is 8.70. The van der Waals surface area contributed by atoms with Crippen LogP contribution in [0.15, 0.2) is 46.9 Å². The molecule has 166 valence electrons. The van der Waals surface area contributed by atoms with Gasteiger partial charge in [0.15, 0.2) is 13.9 Å². The molecule has 2 heterocycles. The van der Waals surface area contributed by atoms with Crippen LogP contribution in [0.2, 0.25) is 18.6 Å². The first kappa shape index (κ1) is 23.4. The molecule has 0 radical (unpaired) electrons. The summed E-state index contributed by atoms with van der Waals surface area (Å²) in [5.41, 5.74) is 1.42. The number of carbonyl (C=O) groups excluding carboxylic acids is 1. The molecular weight excluding hydrogens is 589 g/mol. The molecule has 2 N–H and O–H groups in total. The Morgan fingerprint density at radius 2 is 1.90 bits per heavy atom. The van der Waals surface area contributed by atoms with E-state index in [-0.39, 0.29) is 30.1 Å². The van der Waals surface area contributed by atoms with E-state index in [1.54, 1.807) is 0 Å². The van der Waals surface area contributed by atoms with E-state index in [2.05, 4.69) is 38.5 Å². The second kappa shape index (κ2) is 8.53. The molecule has 0 aromatic heterocycles. The highest BCUT2D eigenvalue weighted by Crippen LogP contribution is 2.60. The number of halogens is 2. The van der Waals surface area contributed by atoms with Crippen LogP contribution in [0.4, 0.5) is 5.69 Å². The van der Waals surface area contributed by atoms with E-state index < -0.39 is 13.9 Å². The van der Waals surface area contributed by atoms with Crippen LogP contribution in [-0.4, -0.2) is 36.8 Å². The number of aliphatic hydroxyl groups is 1. The lowest BCUT2D eigenvalue weighted by atomic mass is 9.82. The van der Waals surface area contributed by atoms with Gasteiger partial charge in [0.2, 0.25) is 0 Å². The van der Waals surface area contributed by atoms with Crippen molar-refractivity contribution in [2.45, 2.75) is 50.2 Å². The third-order valence-corrected chi connectivity index (χ3v) is 10.3. The van der Waals surface area contributed by atoms with Crippen LogP contribution in [0, 0.1) is 9.49 Å². The maximum Gasteiger partial charge on any atom is 0.264 e. The number of anilines is 1. The number of hydrogen-bond acceptors (Lipinski definition) is 4. The second-order valence-electron chi connectivity index (χ2n) is 9.05. The van der Waals surface area contributed by atoms with Gasteiger partial charge in [0.1, 0.15) is 0 Å². The zero-order valence-corrected chi connectivity index (χ0v) is 22.6. The highest BCUT2D eigenvalue weighted by Gasteiger charge is 2.66. The molecule has 31 heavy (non-hydrogen) atoms. The van der Waals surface area contributed by atoms with E-state index in [4.69, 9.17) is 4.74 Å². The van der Waals surface area contributed by atoms with Gasteiger partial charge >= 0.3 is 0 Å². The average Bonchev–Trinajstić information content (AvgIpc) is 3.11.